The van der Waals surface area contributed by atoms with Crippen molar-refractivity contribution < 1.29 is 19.1 Å². The Kier molecular flexibility index (Phi) is 31.4. The van der Waals surface area contributed by atoms with E-state index >= 15 is 0 Å². The summed E-state index contributed by atoms with van der Waals surface area (Å²) < 4.78 is 10.8. The molecule has 0 N–H and O–H groups in total. The average Bonchev–Trinajstić information content (AvgIpc) is 2.93. The summed E-state index contributed by atoms with van der Waals surface area (Å²) >= 11 is 3.55. The van der Waals surface area contributed by atoms with Crippen LogP contribution in [0.5, 0.6) is 0 Å². The van der Waals surface area contributed by atoms with Gasteiger partial charge in [-0.3, -0.25) is 9.59 Å². The van der Waals surface area contributed by atoms with Crippen molar-refractivity contribution in [3.8, 4) is 0 Å². The zero-order valence-corrected chi connectivity index (χ0v) is 27.6. The second-order valence-corrected chi connectivity index (χ2v) is 12.0. The summed E-state index contributed by atoms with van der Waals surface area (Å²) in [6.07, 6.45) is 25.9. The lowest BCUT2D eigenvalue weighted by atomic mass is 10.1. The Morgan fingerprint density at radius 2 is 0.846 bits per heavy atom. The van der Waals surface area contributed by atoms with E-state index in [1.165, 1.54) is 77.0 Å². The van der Waals surface area contributed by atoms with Gasteiger partial charge in [0.05, 0.1) is 13.2 Å². The number of rotatable bonds is 31. The van der Waals surface area contributed by atoms with Gasteiger partial charge in [0.1, 0.15) is 0 Å². The Balaban J connectivity index is 3.70. The van der Waals surface area contributed by atoms with Crippen LogP contribution >= 0.6 is 15.9 Å². The van der Waals surface area contributed by atoms with E-state index < -0.39 is 0 Å². The van der Waals surface area contributed by atoms with Crippen molar-refractivity contribution in [2.24, 2.45) is 0 Å². The molecule has 0 aromatic carbocycles. The molecule has 0 aliphatic rings. The van der Waals surface area contributed by atoms with Crippen molar-refractivity contribution in [3.63, 3.8) is 0 Å². The SMILES string of the molecule is CCCCCCCCCOC(=O)CCCCCN(CCCBr)CCCCCC(=O)OCCCCCCCCC. The summed E-state index contributed by atoms with van der Waals surface area (Å²) in [5.41, 5.74) is 0. The van der Waals surface area contributed by atoms with Gasteiger partial charge in [-0.25, -0.2) is 0 Å². The number of halogens is 1. The molecule has 0 aliphatic heterocycles. The van der Waals surface area contributed by atoms with Crippen molar-refractivity contribution in [2.45, 2.75) is 162 Å². The summed E-state index contributed by atoms with van der Waals surface area (Å²) in [5, 5.41) is 1.03. The number of esters is 2. The molecule has 39 heavy (non-hydrogen) atoms. The third-order valence-corrected chi connectivity index (χ3v) is 7.90. The van der Waals surface area contributed by atoms with Gasteiger partial charge >= 0.3 is 11.9 Å². The molecule has 0 saturated carbocycles. The van der Waals surface area contributed by atoms with Gasteiger partial charge in [-0.05, 0) is 64.6 Å². The van der Waals surface area contributed by atoms with E-state index in [9.17, 15) is 9.59 Å². The normalized spacial score (nSPS) is 11.3. The van der Waals surface area contributed by atoms with Crippen molar-refractivity contribution in [3.05, 3.63) is 0 Å². The first-order valence-corrected chi connectivity index (χ1v) is 17.9. The van der Waals surface area contributed by atoms with E-state index in [0.29, 0.717) is 26.1 Å². The van der Waals surface area contributed by atoms with Gasteiger partial charge in [-0.1, -0.05) is 120 Å². The molecule has 0 aromatic rings. The molecule has 0 fully saturated rings. The third kappa shape index (κ3) is 30.2. The monoisotopic (exact) mass is 617 g/mol. The lowest BCUT2D eigenvalue weighted by Crippen LogP contribution is -2.27. The molecule has 0 aliphatic carbocycles. The predicted octanol–water partition coefficient (Wildman–Crippen LogP) is 9.78. The predicted molar refractivity (Wildman–Crippen MR) is 170 cm³/mol. The van der Waals surface area contributed by atoms with E-state index in [-0.39, 0.29) is 11.9 Å². The smallest absolute Gasteiger partial charge is 0.305 e. The Labute approximate surface area is 251 Å². The first kappa shape index (κ1) is 38.4. The molecule has 6 heteroatoms. The highest BCUT2D eigenvalue weighted by Crippen LogP contribution is 2.10. The molecule has 0 bridgehead atoms. The Bertz CT molecular complexity index is 490. The van der Waals surface area contributed by atoms with Gasteiger partial charge in [0.2, 0.25) is 0 Å². The number of hydrogen-bond acceptors (Lipinski definition) is 5. The molecule has 0 aromatic heterocycles. The number of carbonyl (C=O) groups excluding carboxylic acids is 2. The van der Waals surface area contributed by atoms with Crippen molar-refractivity contribution in [1.82, 2.24) is 4.90 Å². The number of hydrogen-bond donors (Lipinski definition) is 0. The highest BCUT2D eigenvalue weighted by atomic mass is 79.9. The molecule has 0 unspecified atom stereocenters. The van der Waals surface area contributed by atoms with E-state index in [1.807, 2.05) is 0 Å². The van der Waals surface area contributed by atoms with E-state index in [4.69, 9.17) is 9.47 Å². The molecule has 5 nitrogen and oxygen atoms in total. The van der Waals surface area contributed by atoms with Crippen LogP contribution in [0.15, 0.2) is 0 Å². The summed E-state index contributed by atoms with van der Waals surface area (Å²) in [6, 6.07) is 0. The van der Waals surface area contributed by atoms with E-state index in [2.05, 4.69) is 34.7 Å². The minimum absolute atomic E-state index is 0.0296. The number of ether oxygens (including phenoxy) is 2. The van der Waals surface area contributed by atoms with E-state index in [0.717, 1.165) is 82.8 Å². The van der Waals surface area contributed by atoms with Gasteiger partial charge in [-0.15, -0.1) is 0 Å². The van der Waals surface area contributed by atoms with Crippen LogP contribution in [0.25, 0.3) is 0 Å². The molecule has 0 rings (SSSR count). The van der Waals surface area contributed by atoms with Crippen LogP contribution in [-0.4, -0.2) is 55.0 Å². The fourth-order valence-corrected chi connectivity index (χ4v) is 5.07. The highest BCUT2D eigenvalue weighted by Gasteiger charge is 2.08. The molecule has 0 radical (unpaired) electrons. The second-order valence-electron chi connectivity index (χ2n) is 11.2. The van der Waals surface area contributed by atoms with Crippen LogP contribution in [0.4, 0.5) is 0 Å². The molecule has 0 spiro atoms. The maximum Gasteiger partial charge on any atom is 0.305 e. The minimum Gasteiger partial charge on any atom is -0.466 e. The minimum atomic E-state index is -0.0296. The molecule has 0 atom stereocenters. The number of nitrogens with zero attached hydrogens (tertiary/aromatic N) is 1. The van der Waals surface area contributed by atoms with Crippen molar-refractivity contribution >= 4 is 27.9 Å². The summed E-state index contributed by atoms with van der Waals surface area (Å²) in [7, 11) is 0. The van der Waals surface area contributed by atoms with E-state index in [1.54, 1.807) is 0 Å². The van der Waals surface area contributed by atoms with Crippen LogP contribution in [0, 0.1) is 0 Å². The maximum atomic E-state index is 12.0. The van der Waals surface area contributed by atoms with Gasteiger partial charge < -0.3 is 14.4 Å². The van der Waals surface area contributed by atoms with Crippen LogP contribution in [0.3, 0.4) is 0 Å². The lowest BCUT2D eigenvalue weighted by molar-refractivity contribution is -0.144. The number of alkyl halides is 1. The zero-order valence-electron chi connectivity index (χ0n) is 26.0. The number of carbonyl (C=O) groups is 2. The highest BCUT2D eigenvalue weighted by molar-refractivity contribution is 9.09. The summed E-state index contributed by atoms with van der Waals surface area (Å²) in [6.45, 7) is 8.92. The average molecular weight is 619 g/mol. The van der Waals surface area contributed by atoms with Crippen LogP contribution < -0.4 is 0 Å². The Morgan fingerprint density at radius 1 is 0.487 bits per heavy atom. The van der Waals surface area contributed by atoms with Gasteiger partial charge in [0.25, 0.3) is 0 Å². The summed E-state index contributed by atoms with van der Waals surface area (Å²) in [5.74, 6) is -0.0591. The van der Waals surface area contributed by atoms with Gasteiger partial charge in [-0.2, -0.15) is 0 Å². The largest absolute Gasteiger partial charge is 0.466 e. The zero-order chi connectivity index (χ0) is 28.7. The first-order valence-electron chi connectivity index (χ1n) is 16.7. The maximum absolute atomic E-state index is 12.0. The molecular weight excluding hydrogens is 554 g/mol. The van der Waals surface area contributed by atoms with Gasteiger partial charge in [0, 0.05) is 18.2 Å². The van der Waals surface area contributed by atoms with Crippen LogP contribution in [0.1, 0.15) is 162 Å². The second kappa shape index (κ2) is 31.9. The Hall–Kier alpha value is -0.620. The van der Waals surface area contributed by atoms with Crippen LogP contribution in [0.2, 0.25) is 0 Å². The standard InChI is InChI=1S/C33H64BrNO4/c1-3-5-7-9-11-13-21-30-38-32(36)24-17-15-19-27-35(29-23-26-34)28-20-16-18-25-33(37)39-31-22-14-12-10-8-6-4-2/h3-31H2,1-2H3. The lowest BCUT2D eigenvalue weighted by Gasteiger charge is -2.22. The molecule has 0 saturated heterocycles. The molecular formula is C33H64BrNO4. The summed E-state index contributed by atoms with van der Waals surface area (Å²) in [4.78, 5) is 26.5. The first-order chi connectivity index (χ1) is 19.1. The molecule has 0 heterocycles. The molecule has 232 valence electrons. The molecule has 0 amide bonds. The van der Waals surface area contributed by atoms with Gasteiger partial charge in [0.15, 0.2) is 0 Å². The quantitative estimate of drug-likeness (QED) is 0.0440. The fourth-order valence-electron chi connectivity index (χ4n) is 4.82. The Morgan fingerprint density at radius 3 is 1.26 bits per heavy atom. The number of unbranched alkanes of at least 4 members (excludes halogenated alkanes) is 16. The van der Waals surface area contributed by atoms with Crippen LogP contribution in [-0.2, 0) is 19.1 Å². The third-order valence-electron chi connectivity index (χ3n) is 7.34. The van der Waals surface area contributed by atoms with Crippen molar-refractivity contribution in [1.29, 1.82) is 0 Å². The van der Waals surface area contributed by atoms with Crippen molar-refractivity contribution in [2.75, 3.05) is 38.2 Å². The topological polar surface area (TPSA) is 55.8 Å². The fraction of sp³-hybridized carbons (Fsp3) is 0.939.